The molecule has 9 heteroatoms. The van der Waals surface area contributed by atoms with Gasteiger partial charge in [0, 0.05) is 17.9 Å². The Bertz CT molecular complexity index is 1130. The van der Waals surface area contributed by atoms with Gasteiger partial charge in [0.05, 0.1) is 6.07 Å². The van der Waals surface area contributed by atoms with E-state index in [4.69, 9.17) is 11.2 Å². The number of carbonyl (C=O) groups excluding carboxylic acids is 3. The number of nitrogens with zero attached hydrogens (tertiary/aromatic N) is 2. The Morgan fingerprint density at radius 2 is 1.75 bits per heavy atom. The third kappa shape index (κ3) is 8.37. The molecule has 0 spiro atoms. The molecule has 36 heavy (non-hydrogen) atoms. The van der Waals surface area contributed by atoms with Gasteiger partial charge < -0.3 is 20.3 Å². The van der Waals surface area contributed by atoms with Gasteiger partial charge in [-0.05, 0) is 44.0 Å². The zero-order valence-corrected chi connectivity index (χ0v) is 21.4. The number of carbonyl (C=O) groups is 3. The molecule has 0 radical (unpaired) electrons. The van der Waals surface area contributed by atoms with E-state index >= 15 is 0 Å². The predicted molar refractivity (Wildman–Crippen MR) is 140 cm³/mol. The maximum Gasteiger partial charge on any atom is 0.408 e. The molecule has 0 aliphatic rings. The van der Waals surface area contributed by atoms with E-state index in [0.29, 0.717) is 11.1 Å². The van der Waals surface area contributed by atoms with Gasteiger partial charge in [0.1, 0.15) is 24.2 Å². The van der Waals surface area contributed by atoms with Crippen molar-refractivity contribution in [2.75, 3.05) is 12.3 Å². The van der Waals surface area contributed by atoms with Crippen molar-refractivity contribution in [2.45, 2.75) is 45.0 Å². The van der Waals surface area contributed by atoms with Gasteiger partial charge in [-0.2, -0.15) is 17.9 Å². The van der Waals surface area contributed by atoms with Crippen LogP contribution in [0.5, 0.6) is 0 Å². The van der Waals surface area contributed by atoms with Crippen LogP contribution in [0, 0.1) is 23.7 Å². The summed E-state index contributed by atoms with van der Waals surface area (Å²) in [5.74, 6) is 1.28. The fraction of sp³-hybridized carbons (Fsp3) is 0.333. The lowest BCUT2D eigenvalue weighted by Crippen LogP contribution is -2.53. The van der Waals surface area contributed by atoms with E-state index in [0.717, 1.165) is 10.5 Å². The van der Waals surface area contributed by atoms with Gasteiger partial charge in [0.25, 0.3) is 0 Å². The van der Waals surface area contributed by atoms with Gasteiger partial charge in [-0.25, -0.2) is 4.79 Å². The third-order valence-corrected chi connectivity index (χ3v) is 5.32. The molecule has 0 aliphatic heterocycles. The maximum atomic E-state index is 13.5. The minimum absolute atomic E-state index is 0.0750. The molecule has 2 N–H and O–H groups in total. The quantitative estimate of drug-likeness (QED) is 0.275. The molecule has 2 unspecified atom stereocenters. The number of hydrogen-bond acceptors (Lipinski definition) is 6. The molecule has 0 saturated carbocycles. The Morgan fingerprint density at radius 3 is 2.28 bits per heavy atom. The fourth-order valence-electron chi connectivity index (χ4n) is 3.32. The lowest BCUT2D eigenvalue weighted by Gasteiger charge is -2.32. The van der Waals surface area contributed by atoms with Crippen molar-refractivity contribution in [1.82, 2.24) is 15.5 Å². The lowest BCUT2D eigenvalue weighted by atomic mass is 10.0. The van der Waals surface area contributed by atoms with Crippen LogP contribution >= 0.6 is 12.6 Å². The lowest BCUT2D eigenvalue weighted by molar-refractivity contribution is -0.141. The molecule has 188 valence electrons. The molecular formula is C27H30N4O4S. The predicted octanol–water partition coefficient (Wildman–Crippen LogP) is 3.20. The number of amides is 3. The van der Waals surface area contributed by atoms with Gasteiger partial charge in [-0.1, -0.05) is 48.4 Å². The Hall–Kier alpha value is -3.95. The van der Waals surface area contributed by atoms with Crippen LogP contribution < -0.4 is 10.6 Å². The maximum absolute atomic E-state index is 13.5. The largest absolute Gasteiger partial charge is 0.444 e. The molecule has 0 fully saturated rings. The molecule has 0 bridgehead atoms. The monoisotopic (exact) mass is 506 g/mol. The van der Waals surface area contributed by atoms with E-state index in [2.05, 4.69) is 29.2 Å². The molecule has 2 aromatic carbocycles. The highest BCUT2D eigenvalue weighted by Crippen LogP contribution is 2.23. The number of thiol groups is 1. The van der Waals surface area contributed by atoms with E-state index in [1.165, 1.54) is 0 Å². The standard InChI is InChI=1S/C27H30N4O4S/c1-5-19-11-13-21(14-12-19)23(24(32)29-17-20-9-7-6-8-10-20)31(16-15-28)25(33)22(18-36)30-26(34)35-27(2,3)4/h1,6-14,22-23,36H,16-18H2,2-4H3,(H,29,32)(H,30,34). The Kier molecular flexibility index (Phi) is 10.4. The normalized spacial score (nSPS) is 12.3. The Morgan fingerprint density at radius 1 is 1.11 bits per heavy atom. The average molecular weight is 507 g/mol. The SMILES string of the molecule is C#Cc1ccc(C(C(=O)NCc2ccccc2)N(CC#N)C(=O)C(CS)NC(=O)OC(C)(C)C)cc1. The summed E-state index contributed by atoms with van der Waals surface area (Å²) >= 11 is 4.20. The smallest absolute Gasteiger partial charge is 0.408 e. The number of terminal acetylenes is 1. The van der Waals surface area contributed by atoms with Gasteiger partial charge in [0.2, 0.25) is 11.8 Å². The first-order valence-electron chi connectivity index (χ1n) is 11.3. The molecule has 0 aliphatic carbocycles. The topological polar surface area (TPSA) is 112 Å². The number of rotatable bonds is 9. The minimum atomic E-state index is -1.16. The van der Waals surface area contributed by atoms with Crippen LogP contribution in [0.25, 0.3) is 0 Å². The summed E-state index contributed by atoms with van der Waals surface area (Å²) in [5, 5.41) is 14.8. The van der Waals surface area contributed by atoms with Crippen molar-refractivity contribution in [3.05, 3.63) is 71.3 Å². The minimum Gasteiger partial charge on any atom is -0.444 e. The number of ether oxygens (including phenoxy) is 1. The first-order valence-corrected chi connectivity index (χ1v) is 11.9. The van der Waals surface area contributed by atoms with E-state index in [1.54, 1.807) is 45.0 Å². The molecule has 2 atom stereocenters. The van der Waals surface area contributed by atoms with E-state index < -0.39 is 42.1 Å². The Balaban J connectivity index is 2.38. The molecule has 0 saturated heterocycles. The van der Waals surface area contributed by atoms with Crippen molar-refractivity contribution < 1.29 is 19.1 Å². The molecular weight excluding hydrogens is 476 g/mol. The third-order valence-electron chi connectivity index (χ3n) is 4.96. The highest BCUT2D eigenvalue weighted by atomic mass is 32.1. The van der Waals surface area contributed by atoms with Gasteiger partial charge in [0.15, 0.2) is 0 Å². The summed E-state index contributed by atoms with van der Waals surface area (Å²) in [6.07, 6.45) is 4.64. The summed E-state index contributed by atoms with van der Waals surface area (Å²) in [6.45, 7) is 4.90. The molecule has 0 heterocycles. The number of nitrogens with one attached hydrogen (secondary N) is 2. The first kappa shape index (κ1) is 28.3. The summed E-state index contributed by atoms with van der Waals surface area (Å²) in [4.78, 5) is 40.4. The van der Waals surface area contributed by atoms with Crippen molar-refractivity contribution in [3.8, 4) is 18.4 Å². The van der Waals surface area contributed by atoms with Gasteiger partial charge >= 0.3 is 6.09 Å². The Labute approximate surface area is 217 Å². The zero-order chi connectivity index (χ0) is 26.7. The van der Waals surface area contributed by atoms with Crippen LogP contribution in [-0.2, 0) is 20.9 Å². The number of nitriles is 1. The van der Waals surface area contributed by atoms with E-state index in [1.807, 2.05) is 36.4 Å². The van der Waals surface area contributed by atoms with Crippen molar-refractivity contribution in [3.63, 3.8) is 0 Å². The van der Waals surface area contributed by atoms with Gasteiger partial charge in [-0.15, -0.1) is 6.42 Å². The second kappa shape index (κ2) is 13.2. The summed E-state index contributed by atoms with van der Waals surface area (Å²) in [5.41, 5.74) is 1.14. The molecule has 2 rings (SSSR count). The van der Waals surface area contributed by atoms with Crippen molar-refractivity contribution in [1.29, 1.82) is 5.26 Å². The van der Waals surface area contributed by atoms with Gasteiger partial charge in [-0.3, -0.25) is 9.59 Å². The zero-order valence-electron chi connectivity index (χ0n) is 20.5. The summed E-state index contributed by atoms with van der Waals surface area (Å²) < 4.78 is 5.25. The highest BCUT2D eigenvalue weighted by molar-refractivity contribution is 7.80. The molecule has 0 aromatic heterocycles. The number of hydrogen-bond donors (Lipinski definition) is 3. The molecule has 8 nitrogen and oxygen atoms in total. The van der Waals surface area contributed by atoms with Crippen molar-refractivity contribution >= 4 is 30.5 Å². The first-order chi connectivity index (χ1) is 17.1. The van der Waals surface area contributed by atoms with E-state index in [9.17, 15) is 19.6 Å². The summed E-state index contributed by atoms with van der Waals surface area (Å²) in [7, 11) is 0. The van der Waals surface area contributed by atoms with Crippen LogP contribution in [-0.4, -0.2) is 46.7 Å². The van der Waals surface area contributed by atoms with Crippen LogP contribution in [0.2, 0.25) is 0 Å². The molecule has 3 amide bonds. The number of benzene rings is 2. The van der Waals surface area contributed by atoms with Crippen LogP contribution in [0.3, 0.4) is 0 Å². The highest BCUT2D eigenvalue weighted by Gasteiger charge is 2.35. The second-order valence-corrected chi connectivity index (χ2v) is 9.24. The fourth-order valence-corrected chi connectivity index (χ4v) is 3.57. The second-order valence-electron chi connectivity index (χ2n) is 8.88. The average Bonchev–Trinajstić information content (AvgIpc) is 2.85. The number of alkyl carbamates (subject to hydrolysis) is 1. The summed E-state index contributed by atoms with van der Waals surface area (Å²) in [6, 6.07) is 15.5. The van der Waals surface area contributed by atoms with Crippen LogP contribution in [0.1, 0.15) is 43.5 Å². The van der Waals surface area contributed by atoms with Crippen LogP contribution in [0.4, 0.5) is 4.79 Å². The van der Waals surface area contributed by atoms with Crippen LogP contribution in [0.15, 0.2) is 54.6 Å². The van der Waals surface area contributed by atoms with E-state index in [-0.39, 0.29) is 12.3 Å². The molecule has 2 aromatic rings. The van der Waals surface area contributed by atoms with Crippen molar-refractivity contribution in [2.24, 2.45) is 0 Å².